The van der Waals surface area contributed by atoms with E-state index in [0.717, 1.165) is 36.7 Å². The average Bonchev–Trinajstić information content (AvgIpc) is 3.85. The van der Waals surface area contributed by atoms with Crippen molar-refractivity contribution in [2.45, 2.75) is 192 Å². The van der Waals surface area contributed by atoms with Crippen LogP contribution in [0.2, 0.25) is 0 Å². The molecule has 1 saturated heterocycles. The van der Waals surface area contributed by atoms with E-state index in [1.54, 1.807) is 11.1 Å². The Hall–Kier alpha value is -1.12. The molecule has 3 fully saturated rings. The van der Waals surface area contributed by atoms with E-state index in [-0.39, 0.29) is 1.43 Å². The fourth-order valence-corrected chi connectivity index (χ4v) is 7.98. The van der Waals surface area contributed by atoms with Gasteiger partial charge in [-0.2, -0.15) is 0 Å². The van der Waals surface area contributed by atoms with Crippen LogP contribution in [0.1, 0.15) is 188 Å². The second-order valence-corrected chi connectivity index (χ2v) is 17.3. The molecule has 0 bridgehead atoms. The fourth-order valence-electron chi connectivity index (χ4n) is 7.98. The number of hydrogen-bond donors (Lipinski definition) is 1. The van der Waals surface area contributed by atoms with Gasteiger partial charge in [0.05, 0.1) is 12.7 Å². The zero-order valence-corrected chi connectivity index (χ0v) is 35.9. The van der Waals surface area contributed by atoms with Gasteiger partial charge in [0.15, 0.2) is 0 Å². The van der Waals surface area contributed by atoms with Crippen LogP contribution in [0.5, 0.6) is 0 Å². The smallest absolute Gasteiger partial charge is 0.0844 e. The van der Waals surface area contributed by atoms with E-state index in [0.29, 0.717) is 28.8 Å². The molecule has 0 amide bonds. The summed E-state index contributed by atoms with van der Waals surface area (Å²) in [5, 5.41) is 0. The van der Waals surface area contributed by atoms with Gasteiger partial charge >= 0.3 is 0 Å². The van der Waals surface area contributed by atoms with Gasteiger partial charge < -0.3 is 10.5 Å². The SMILES string of the molecule is C=CC[C@@H](C)CC.CC.CC1=CC2[C@H](C=C1CC1=CC[C@H](C3CO3)C1)C(C)(C)CCC2(C)C.CCC1CCCCC1.CCCC(C)C.CN.[HH]. The summed E-state index contributed by atoms with van der Waals surface area (Å²) < 4.78 is 5.51. The van der Waals surface area contributed by atoms with Crippen LogP contribution in [0.4, 0.5) is 0 Å². The van der Waals surface area contributed by atoms with Crippen molar-refractivity contribution in [3.05, 3.63) is 47.6 Å². The quantitative estimate of drug-likeness (QED) is 0.194. The third kappa shape index (κ3) is 18.3. The van der Waals surface area contributed by atoms with E-state index in [1.165, 1.54) is 103 Å². The summed E-state index contributed by atoms with van der Waals surface area (Å²) >= 11 is 0. The first-order valence-electron chi connectivity index (χ1n) is 21.1. The Labute approximate surface area is 311 Å². The van der Waals surface area contributed by atoms with Crippen LogP contribution in [0, 0.1) is 46.3 Å². The van der Waals surface area contributed by atoms with Gasteiger partial charge in [-0.05, 0) is 104 Å². The van der Waals surface area contributed by atoms with Crippen LogP contribution < -0.4 is 5.73 Å². The zero-order chi connectivity index (χ0) is 37.6. The largest absolute Gasteiger partial charge is 0.373 e. The molecule has 49 heavy (non-hydrogen) atoms. The maximum Gasteiger partial charge on any atom is 0.0844 e. The predicted octanol–water partition coefficient (Wildman–Crippen LogP) is 15.0. The summed E-state index contributed by atoms with van der Waals surface area (Å²) in [5.74, 6) is 4.99. The Morgan fingerprint density at radius 1 is 0.939 bits per heavy atom. The third-order valence-electron chi connectivity index (χ3n) is 11.9. The Kier molecular flexibility index (Phi) is 25.2. The molecule has 0 spiro atoms. The van der Waals surface area contributed by atoms with Gasteiger partial charge in [-0.1, -0.05) is 176 Å². The minimum Gasteiger partial charge on any atom is -0.373 e. The summed E-state index contributed by atoms with van der Waals surface area (Å²) in [5.41, 5.74) is 10.2. The fraction of sp³-hybridized carbons (Fsp3) is 0.830. The lowest BCUT2D eigenvalue weighted by Gasteiger charge is -2.52. The minimum atomic E-state index is 0. The molecule has 1 aliphatic heterocycles. The molecule has 2 saturated carbocycles. The predicted molar refractivity (Wildman–Crippen MR) is 225 cm³/mol. The van der Waals surface area contributed by atoms with E-state index < -0.39 is 0 Å². The van der Waals surface area contributed by atoms with Gasteiger partial charge in [-0.3, -0.25) is 0 Å². The third-order valence-corrected chi connectivity index (χ3v) is 11.9. The molecule has 5 aliphatic rings. The van der Waals surface area contributed by atoms with Gasteiger partial charge in [0.1, 0.15) is 0 Å². The molecule has 290 valence electrons. The Morgan fingerprint density at radius 2 is 1.49 bits per heavy atom. The number of rotatable bonds is 9. The second kappa shape index (κ2) is 25.8. The normalized spacial score (nSPS) is 26.7. The topological polar surface area (TPSA) is 38.5 Å². The first kappa shape index (κ1) is 47.9. The molecule has 2 unspecified atom stereocenters. The maximum atomic E-state index is 5.51. The molecular weight excluding hydrogens is 595 g/mol. The highest BCUT2D eigenvalue weighted by Gasteiger charge is 2.47. The van der Waals surface area contributed by atoms with Gasteiger partial charge in [-0.25, -0.2) is 0 Å². The summed E-state index contributed by atoms with van der Waals surface area (Å²) in [7, 11) is 1.50. The van der Waals surface area contributed by atoms with Crippen molar-refractivity contribution in [3.63, 3.8) is 0 Å². The van der Waals surface area contributed by atoms with Crippen LogP contribution in [-0.4, -0.2) is 19.8 Å². The van der Waals surface area contributed by atoms with Crippen molar-refractivity contribution in [1.82, 2.24) is 0 Å². The first-order chi connectivity index (χ1) is 23.3. The highest BCUT2D eigenvalue weighted by atomic mass is 16.6. The number of ether oxygens (including phenoxy) is 1. The minimum absolute atomic E-state index is 0. The molecule has 4 aliphatic carbocycles. The molecule has 5 rings (SSSR count). The van der Waals surface area contributed by atoms with Crippen LogP contribution in [0.25, 0.3) is 0 Å². The number of nitrogens with two attached hydrogens (primary N) is 1. The molecule has 0 aromatic rings. The van der Waals surface area contributed by atoms with Crippen LogP contribution in [-0.2, 0) is 4.74 Å². The second-order valence-electron chi connectivity index (χ2n) is 17.3. The lowest BCUT2D eigenvalue weighted by atomic mass is 9.52. The molecule has 2 nitrogen and oxygen atoms in total. The van der Waals surface area contributed by atoms with E-state index in [9.17, 15) is 0 Å². The van der Waals surface area contributed by atoms with Crippen LogP contribution in [0.15, 0.2) is 47.6 Å². The van der Waals surface area contributed by atoms with E-state index in [4.69, 9.17) is 4.74 Å². The first-order valence-corrected chi connectivity index (χ1v) is 21.1. The Balaban J connectivity index is 0. The number of allylic oxidation sites excluding steroid dienone is 7. The standard InChI is InChI=1S/C23H34O.C8H16.C7H14.C6H14.C2H6.CH5N.H2/c1-15-10-19-20(23(4,5)9-8-22(19,2)3)13-18(15)12-16-6-7-17(11-16)21-14-24-21;1-2-8-6-4-3-5-7-8;1-4-6-7(3)5-2;1-4-5-6(2)3;2*1-2;/h6,10,13,17,19-21H,7-9,11-12,14H2,1-5H3;8H,2-7H2,1H3;4,7H,1,5-6H2,2-3H3;6H,4-5H2,1-3H3;1-2H3;2H2,1H3;1H/t17-,19?,20-,21?;;7-;;;;/m0.0..../s1. The summed E-state index contributed by atoms with van der Waals surface area (Å²) in [6.45, 7) is 34.4. The number of epoxide rings is 1. The Bertz CT molecular complexity index is 946. The summed E-state index contributed by atoms with van der Waals surface area (Å²) in [4.78, 5) is 0. The van der Waals surface area contributed by atoms with Gasteiger partial charge in [0.2, 0.25) is 0 Å². The van der Waals surface area contributed by atoms with E-state index in [1.807, 2.05) is 19.9 Å². The summed E-state index contributed by atoms with van der Waals surface area (Å²) in [6.07, 6.45) is 30.8. The van der Waals surface area contributed by atoms with Crippen molar-refractivity contribution >= 4 is 0 Å². The summed E-state index contributed by atoms with van der Waals surface area (Å²) in [6, 6.07) is 0. The van der Waals surface area contributed by atoms with Gasteiger partial charge in [0.25, 0.3) is 0 Å². The van der Waals surface area contributed by atoms with Gasteiger partial charge in [0, 0.05) is 1.43 Å². The average molecular weight is 686 g/mol. The lowest BCUT2D eigenvalue weighted by Crippen LogP contribution is -2.43. The molecule has 2 heteroatoms. The monoisotopic (exact) mass is 686 g/mol. The number of fused-ring (bicyclic) bond motifs is 1. The zero-order valence-electron chi connectivity index (χ0n) is 35.9. The highest BCUT2D eigenvalue weighted by molar-refractivity contribution is 5.40. The maximum absolute atomic E-state index is 5.51. The van der Waals surface area contributed by atoms with Crippen LogP contribution >= 0.6 is 0 Å². The molecule has 0 aromatic heterocycles. The van der Waals surface area contributed by atoms with Crippen molar-refractivity contribution in [2.75, 3.05) is 13.7 Å². The highest BCUT2D eigenvalue weighted by Crippen LogP contribution is 2.56. The van der Waals surface area contributed by atoms with Gasteiger partial charge in [-0.15, -0.1) is 6.58 Å². The number of hydrogen-bond acceptors (Lipinski definition) is 2. The van der Waals surface area contributed by atoms with Crippen molar-refractivity contribution in [3.8, 4) is 0 Å². The molecular formula is C47H91NO. The van der Waals surface area contributed by atoms with E-state index >= 15 is 0 Å². The van der Waals surface area contributed by atoms with Crippen molar-refractivity contribution < 1.29 is 6.16 Å². The van der Waals surface area contributed by atoms with Crippen molar-refractivity contribution in [1.29, 1.82) is 0 Å². The Morgan fingerprint density at radius 3 is 1.88 bits per heavy atom. The molecule has 0 radical (unpaired) electrons. The van der Waals surface area contributed by atoms with E-state index in [2.05, 4.69) is 107 Å². The molecule has 0 aromatic carbocycles. The van der Waals surface area contributed by atoms with Crippen molar-refractivity contribution in [2.24, 2.45) is 52.1 Å². The molecule has 1 heterocycles. The lowest BCUT2D eigenvalue weighted by molar-refractivity contribution is 0.0320. The molecule has 2 N–H and O–H groups in total. The van der Waals surface area contributed by atoms with Crippen LogP contribution in [0.3, 0.4) is 0 Å². The molecule has 5 atom stereocenters.